The Morgan fingerprint density at radius 3 is 2.59 bits per heavy atom. The molecule has 0 radical (unpaired) electrons. The maximum Gasteiger partial charge on any atom is 0.411 e. The van der Waals surface area contributed by atoms with Crippen LogP contribution in [0.5, 0.6) is 0 Å². The Morgan fingerprint density at radius 1 is 1.36 bits per heavy atom. The van der Waals surface area contributed by atoms with E-state index in [0.29, 0.717) is 0 Å². The first-order valence-corrected chi connectivity index (χ1v) is 7.94. The van der Waals surface area contributed by atoms with E-state index in [2.05, 4.69) is 38.2 Å². The Balaban J connectivity index is 2.42. The maximum atomic E-state index is 12.8. The molecule has 1 aliphatic rings. The third-order valence-corrected chi connectivity index (χ3v) is 4.20. The fourth-order valence-corrected chi connectivity index (χ4v) is 3.28. The first-order valence-electron chi connectivity index (χ1n) is 7.94. The van der Waals surface area contributed by atoms with Crippen LogP contribution in [0.2, 0.25) is 0 Å². The minimum Gasteiger partial charge on any atom is -0.444 e. The lowest BCUT2D eigenvalue weighted by atomic mass is 9.84. The van der Waals surface area contributed by atoms with E-state index >= 15 is 0 Å². The van der Waals surface area contributed by atoms with Gasteiger partial charge < -0.3 is 10.1 Å². The van der Waals surface area contributed by atoms with Crippen LogP contribution < -0.4 is 5.32 Å². The van der Waals surface area contributed by atoms with Crippen molar-refractivity contribution < 1.29 is 9.53 Å². The van der Waals surface area contributed by atoms with E-state index in [9.17, 15) is 4.79 Å². The summed E-state index contributed by atoms with van der Waals surface area (Å²) in [4.78, 5) is 14.7. The number of carbonyl (C=O) groups is 1. The average Bonchev–Trinajstić information content (AvgIpc) is 2.36. The van der Waals surface area contributed by atoms with Gasteiger partial charge in [-0.2, -0.15) is 0 Å². The quantitative estimate of drug-likeness (QED) is 0.864. The fourth-order valence-electron chi connectivity index (χ4n) is 3.28. The number of nitrogens with zero attached hydrogens (tertiary/aromatic N) is 1. The average molecular weight is 304 g/mol. The normalized spacial score (nSPS) is 25.9. The van der Waals surface area contributed by atoms with Crippen molar-refractivity contribution in [2.45, 2.75) is 58.7 Å². The minimum atomic E-state index is -0.492. The van der Waals surface area contributed by atoms with Crippen molar-refractivity contribution in [3.05, 3.63) is 35.4 Å². The van der Waals surface area contributed by atoms with E-state index in [-0.39, 0.29) is 12.1 Å². The number of ether oxygens (including phenoxy) is 1. The highest BCUT2D eigenvalue weighted by Gasteiger charge is 2.44. The summed E-state index contributed by atoms with van der Waals surface area (Å²) < 4.78 is 5.66. The van der Waals surface area contributed by atoms with Crippen LogP contribution in [0.25, 0.3) is 0 Å². The van der Waals surface area contributed by atoms with Crippen molar-refractivity contribution in [2.24, 2.45) is 0 Å². The zero-order valence-electron chi connectivity index (χ0n) is 14.6. The molecule has 1 aliphatic heterocycles. The number of hydrogen-bond donors (Lipinski definition) is 1. The fraction of sp³-hybridized carbons (Fsp3) is 0.611. The Morgan fingerprint density at radius 2 is 2.00 bits per heavy atom. The molecule has 0 aromatic heterocycles. The van der Waals surface area contributed by atoms with Crippen molar-refractivity contribution in [3.8, 4) is 0 Å². The van der Waals surface area contributed by atoms with Gasteiger partial charge in [0.25, 0.3) is 0 Å². The van der Waals surface area contributed by atoms with Crippen molar-refractivity contribution in [1.29, 1.82) is 0 Å². The molecule has 0 spiro atoms. The van der Waals surface area contributed by atoms with Gasteiger partial charge in [-0.25, -0.2) is 4.79 Å². The highest BCUT2D eigenvalue weighted by atomic mass is 16.6. The zero-order valence-corrected chi connectivity index (χ0v) is 14.6. The van der Waals surface area contributed by atoms with E-state index in [0.717, 1.165) is 13.1 Å². The highest BCUT2D eigenvalue weighted by molar-refractivity contribution is 5.70. The first kappa shape index (κ1) is 16.8. The molecule has 4 nitrogen and oxygen atoms in total. The number of carbonyl (C=O) groups excluding carboxylic acids is 1. The second kappa shape index (κ2) is 5.92. The summed E-state index contributed by atoms with van der Waals surface area (Å²) in [5.74, 6) is 0. The second-order valence-electron chi connectivity index (χ2n) is 7.42. The van der Waals surface area contributed by atoms with Crippen LogP contribution in [0.3, 0.4) is 0 Å². The molecule has 4 heteroatoms. The summed E-state index contributed by atoms with van der Waals surface area (Å²) in [6.07, 6.45) is -0.243. The molecular formula is C18H28N2O2. The number of aryl methyl sites for hydroxylation is 1. The molecule has 1 amide bonds. The molecule has 0 bridgehead atoms. The van der Waals surface area contributed by atoms with Gasteiger partial charge in [0.05, 0.1) is 5.54 Å². The molecule has 0 aliphatic carbocycles. The summed E-state index contributed by atoms with van der Waals surface area (Å²) in [5.41, 5.74) is 1.45. The molecule has 1 fully saturated rings. The van der Waals surface area contributed by atoms with Crippen LogP contribution in [-0.2, 0) is 10.3 Å². The Hall–Kier alpha value is -1.55. The molecule has 2 rings (SSSR count). The SMILES string of the molecule is Cc1ccccc1C1(C)CNCC(C)N1C(=O)OC(C)(C)C. The van der Waals surface area contributed by atoms with Crippen molar-refractivity contribution in [1.82, 2.24) is 10.2 Å². The molecular weight excluding hydrogens is 276 g/mol. The summed E-state index contributed by atoms with van der Waals surface area (Å²) in [6.45, 7) is 13.5. The molecule has 1 aromatic carbocycles. The predicted molar refractivity (Wildman–Crippen MR) is 88.9 cm³/mol. The monoisotopic (exact) mass is 304 g/mol. The van der Waals surface area contributed by atoms with E-state index in [4.69, 9.17) is 4.74 Å². The van der Waals surface area contributed by atoms with E-state index in [1.807, 2.05) is 37.8 Å². The minimum absolute atomic E-state index is 0.0770. The smallest absolute Gasteiger partial charge is 0.411 e. The molecule has 2 unspecified atom stereocenters. The summed E-state index contributed by atoms with van der Waals surface area (Å²) in [5, 5.41) is 3.45. The first-order chi connectivity index (χ1) is 10.1. The molecule has 22 heavy (non-hydrogen) atoms. The van der Waals surface area contributed by atoms with Gasteiger partial charge in [0, 0.05) is 19.1 Å². The molecule has 1 heterocycles. The summed E-state index contributed by atoms with van der Waals surface area (Å²) >= 11 is 0. The maximum absolute atomic E-state index is 12.8. The van der Waals surface area contributed by atoms with Gasteiger partial charge in [-0.15, -0.1) is 0 Å². The Bertz CT molecular complexity index is 550. The predicted octanol–water partition coefficient (Wildman–Crippen LogP) is 3.44. The standard InChI is InChI=1S/C18H28N2O2/c1-13-9-7-8-10-15(13)18(6)12-19-11-14(2)20(18)16(21)22-17(3,4)5/h7-10,14,19H,11-12H2,1-6H3. The molecule has 1 N–H and O–H groups in total. The van der Waals surface area contributed by atoms with Gasteiger partial charge in [0.2, 0.25) is 0 Å². The van der Waals surface area contributed by atoms with Gasteiger partial charge >= 0.3 is 6.09 Å². The molecule has 122 valence electrons. The van der Waals surface area contributed by atoms with E-state index in [1.165, 1.54) is 11.1 Å². The number of nitrogens with one attached hydrogen (secondary N) is 1. The van der Waals surface area contributed by atoms with Crippen LogP contribution in [0, 0.1) is 6.92 Å². The number of hydrogen-bond acceptors (Lipinski definition) is 3. The number of benzene rings is 1. The molecule has 1 saturated heterocycles. The topological polar surface area (TPSA) is 41.6 Å². The lowest BCUT2D eigenvalue weighted by molar-refractivity contribution is -0.0244. The molecule has 0 saturated carbocycles. The largest absolute Gasteiger partial charge is 0.444 e. The van der Waals surface area contributed by atoms with Crippen molar-refractivity contribution >= 4 is 6.09 Å². The zero-order chi connectivity index (χ0) is 16.5. The highest BCUT2D eigenvalue weighted by Crippen LogP contribution is 2.35. The lowest BCUT2D eigenvalue weighted by Crippen LogP contribution is -2.64. The third-order valence-electron chi connectivity index (χ3n) is 4.20. The van der Waals surface area contributed by atoms with Gasteiger partial charge in [-0.05, 0) is 52.7 Å². The third kappa shape index (κ3) is 3.27. The Kier molecular flexibility index (Phi) is 4.52. The van der Waals surface area contributed by atoms with E-state index in [1.54, 1.807) is 0 Å². The summed E-state index contributed by atoms with van der Waals surface area (Å²) in [6, 6.07) is 8.33. The summed E-state index contributed by atoms with van der Waals surface area (Å²) in [7, 11) is 0. The molecule has 1 aromatic rings. The number of rotatable bonds is 1. The van der Waals surface area contributed by atoms with Crippen LogP contribution >= 0.6 is 0 Å². The van der Waals surface area contributed by atoms with Crippen LogP contribution in [-0.4, -0.2) is 35.7 Å². The van der Waals surface area contributed by atoms with Gasteiger partial charge in [0.15, 0.2) is 0 Å². The van der Waals surface area contributed by atoms with Gasteiger partial charge in [-0.1, -0.05) is 24.3 Å². The number of amides is 1. The Labute approximate surface area is 133 Å². The molecule has 2 atom stereocenters. The van der Waals surface area contributed by atoms with Crippen LogP contribution in [0.4, 0.5) is 4.79 Å². The van der Waals surface area contributed by atoms with Crippen molar-refractivity contribution in [2.75, 3.05) is 13.1 Å². The van der Waals surface area contributed by atoms with E-state index < -0.39 is 11.1 Å². The number of piperazine rings is 1. The van der Waals surface area contributed by atoms with Crippen LogP contribution in [0.15, 0.2) is 24.3 Å². The van der Waals surface area contributed by atoms with Gasteiger partial charge in [-0.3, -0.25) is 4.90 Å². The van der Waals surface area contributed by atoms with Gasteiger partial charge in [0.1, 0.15) is 5.60 Å². The van der Waals surface area contributed by atoms with Crippen LogP contribution in [0.1, 0.15) is 45.7 Å². The lowest BCUT2D eigenvalue weighted by Gasteiger charge is -2.49. The van der Waals surface area contributed by atoms with Crippen molar-refractivity contribution in [3.63, 3.8) is 0 Å². The second-order valence-corrected chi connectivity index (χ2v) is 7.42.